The van der Waals surface area contributed by atoms with Crippen LogP contribution in [0.3, 0.4) is 0 Å². The molecular formula is C16H6B6. The SMILES string of the molecule is [B]1C2=C([B]C=C2)C2=C1C=C(C1=CC3=C([B]1)C1=C([B]3)C=C[B]1)[B]2. The van der Waals surface area contributed by atoms with Crippen molar-refractivity contribution in [3.8, 4) is 0 Å². The fraction of sp³-hybridized carbons (Fsp3) is 0. The van der Waals surface area contributed by atoms with Gasteiger partial charge in [-0.1, -0.05) is 79.0 Å². The summed E-state index contributed by atoms with van der Waals surface area (Å²) in [6, 6.07) is 0. The molecule has 0 aromatic carbocycles. The first kappa shape index (κ1) is 11.8. The zero-order chi connectivity index (χ0) is 14.3. The number of allylic oxidation sites excluding steroid dienone is 14. The Kier molecular flexibility index (Phi) is 2.14. The first-order chi connectivity index (χ1) is 10.9. The minimum Gasteiger partial charge on any atom is -0.117 e. The molecule has 0 saturated carbocycles. The largest absolute Gasteiger partial charge is 0.189 e. The van der Waals surface area contributed by atoms with Crippen molar-refractivity contribution < 1.29 is 0 Å². The molecule has 0 aromatic heterocycles. The summed E-state index contributed by atoms with van der Waals surface area (Å²) in [5.41, 5.74) is 13.6. The average molecular weight is 263 g/mol. The molecule has 0 nitrogen and oxygen atoms in total. The fourth-order valence-corrected chi connectivity index (χ4v) is 4.04. The first-order valence-electron chi connectivity index (χ1n) is 7.70. The molecule has 6 rings (SSSR count). The molecule has 0 saturated heterocycles. The quantitative estimate of drug-likeness (QED) is 0.617. The highest BCUT2D eigenvalue weighted by Crippen LogP contribution is 2.41. The topological polar surface area (TPSA) is 0 Å². The van der Waals surface area contributed by atoms with E-state index in [0.717, 1.165) is 0 Å². The third-order valence-electron chi connectivity index (χ3n) is 5.08. The molecule has 0 N–H and O–H groups in total. The van der Waals surface area contributed by atoms with Gasteiger partial charge in [0, 0.05) is 0 Å². The van der Waals surface area contributed by atoms with E-state index in [1.54, 1.807) is 0 Å². The molecule has 6 radical (unpaired) electrons. The van der Waals surface area contributed by atoms with Crippen LogP contribution in [0.5, 0.6) is 0 Å². The van der Waals surface area contributed by atoms with E-state index in [-0.39, 0.29) is 0 Å². The van der Waals surface area contributed by atoms with Crippen LogP contribution in [-0.2, 0) is 0 Å². The Hall–Kier alpha value is -1.69. The van der Waals surface area contributed by atoms with Crippen molar-refractivity contribution in [1.29, 1.82) is 0 Å². The molecule has 22 heavy (non-hydrogen) atoms. The average Bonchev–Trinajstić information content (AvgIpc) is 3.24. The monoisotopic (exact) mass is 264 g/mol. The second-order valence-electron chi connectivity index (χ2n) is 6.30. The summed E-state index contributed by atoms with van der Waals surface area (Å²) < 4.78 is 0. The Morgan fingerprint density at radius 3 is 1.50 bits per heavy atom. The summed E-state index contributed by atoms with van der Waals surface area (Å²) in [4.78, 5) is 0. The van der Waals surface area contributed by atoms with Crippen LogP contribution in [0.25, 0.3) is 0 Å². The molecule has 88 valence electrons. The number of fused-ring (bicyclic) bond motifs is 2. The van der Waals surface area contributed by atoms with E-state index in [4.69, 9.17) is 0 Å². The summed E-state index contributed by atoms with van der Waals surface area (Å²) in [7, 11) is 13.7. The van der Waals surface area contributed by atoms with Crippen LogP contribution in [0.15, 0.2) is 91.0 Å². The summed E-state index contributed by atoms with van der Waals surface area (Å²) in [5, 5.41) is 0. The van der Waals surface area contributed by atoms with Gasteiger partial charge in [0.25, 0.3) is 0 Å². The van der Waals surface area contributed by atoms with E-state index in [9.17, 15) is 0 Å². The fourth-order valence-electron chi connectivity index (χ4n) is 4.04. The van der Waals surface area contributed by atoms with Crippen LogP contribution in [0.1, 0.15) is 0 Å². The van der Waals surface area contributed by atoms with E-state index in [0.29, 0.717) is 0 Å². The predicted molar refractivity (Wildman–Crippen MR) is 97.1 cm³/mol. The van der Waals surface area contributed by atoms with E-state index >= 15 is 0 Å². The molecule has 0 spiro atoms. The number of hydrogen-bond donors (Lipinski definition) is 0. The molecule has 0 unspecified atom stereocenters. The van der Waals surface area contributed by atoms with Crippen LogP contribution in [0, 0.1) is 0 Å². The molecule has 0 fully saturated rings. The zero-order valence-corrected chi connectivity index (χ0v) is 11.9. The number of rotatable bonds is 1. The van der Waals surface area contributed by atoms with Gasteiger partial charge in [-0.25, -0.2) is 0 Å². The van der Waals surface area contributed by atoms with Gasteiger partial charge in [0.1, 0.15) is 0 Å². The molecule has 6 heteroatoms. The van der Waals surface area contributed by atoms with Gasteiger partial charge < -0.3 is 0 Å². The van der Waals surface area contributed by atoms with Gasteiger partial charge >= 0.3 is 0 Å². The lowest BCUT2D eigenvalue weighted by Crippen LogP contribution is -2.09. The van der Waals surface area contributed by atoms with Crippen LogP contribution in [0.2, 0.25) is 0 Å². The standard InChI is InChI=1S/C16H6B6/c1-3-17-13-7(1)19-11-5-9(21-15(11)13)10-6-12-16(22-10)14-8(20-12)2-4-18-14/h1-6H. The maximum atomic E-state index is 2.34. The highest BCUT2D eigenvalue weighted by molar-refractivity contribution is 6.81. The van der Waals surface area contributed by atoms with Crippen molar-refractivity contribution in [2.75, 3.05) is 0 Å². The normalized spacial score (nSPS) is 25.1. The van der Waals surface area contributed by atoms with Gasteiger partial charge in [-0.15, -0.1) is 12.0 Å². The molecule has 6 aliphatic rings. The first-order valence-corrected chi connectivity index (χ1v) is 7.70. The van der Waals surface area contributed by atoms with Crippen molar-refractivity contribution in [3.05, 3.63) is 91.0 Å². The van der Waals surface area contributed by atoms with Crippen LogP contribution in [0.4, 0.5) is 0 Å². The van der Waals surface area contributed by atoms with Crippen molar-refractivity contribution in [3.63, 3.8) is 0 Å². The highest BCUT2D eigenvalue weighted by Gasteiger charge is 2.34. The van der Waals surface area contributed by atoms with Crippen LogP contribution < -0.4 is 0 Å². The molecule has 6 aliphatic heterocycles. The minimum absolute atomic E-state index is 1.34. The lowest BCUT2D eigenvalue weighted by molar-refractivity contribution is 1.77. The van der Waals surface area contributed by atoms with Crippen molar-refractivity contribution >= 4 is 43.7 Å². The van der Waals surface area contributed by atoms with Gasteiger partial charge in [0.05, 0.1) is 0 Å². The number of hydrogen-bond acceptors (Lipinski definition) is 0. The lowest BCUT2D eigenvalue weighted by Gasteiger charge is -2.09. The van der Waals surface area contributed by atoms with E-state index in [1.807, 2.05) is 0 Å². The molecule has 6 heterocycles. The van der Waals surface area contributed by atoms with Gasteiger partial charge in [0.15, 0.2) is 43.7 Å². The second-order valence-corrected chi connectivity index (χ2v) is 6.30. The summed E-state index contributed by atoms with van der Waals surface area (Å²) >= 11 is 0. The van der Waals surface area contributed by atoms with Crippen molar-refractivity contribution in [2.24, 2.45) is 0 Å². The maximum absolute atomic E-state index is 2.34. The van der Waals surface area contributed by atoms with Crippen molar-refractivity contribution in [2.45, 2.75) is 0 Å². The van der Waals surface area contributed by atoms with Crippen molar-refractivity contribution in [1.82, 2.24) is 0 Å². The Bertz CT molecular complexity index is 840. The predicted octanol–water partition coefficient (Wildman–Crippen LogP) is 0.935. The minimum atomic E-state index is 1.34. The molecule has 0 aromatic rings. The Morgan fingerprint density at radius 1 is 0.500 bits per heavy atom. The third-order valence-corrected chi connectivity index (χ3v) is 5.08. The zero-order valence-electron chi connectivity index (χ0n) is 11.9. The Labute approximate surface area is 135 Å². The summed E-state index contributed by atoms with van der Waals surface area (Å²) in [6.07, 6.45) is 9.04. The van der Waals surface area contributed by atoms with E-state index in [1.165, 1.54) is 54.7 Å². The lowest BCUT2D eigenvalue weighted by atomic mass is 9.47. The summed E-state index contributed by atoms with van der Waals surface area (Å²) in [5.74, 6) is 4.28. The molecule has 0 amide bonds. The highest BCUT2D eigenvalue weighted by atomic mass is 14.2. The molecule has 0 bridgehead atoms. The van der Waals surface area contributed by atoms with Gasteiger partial charge in [-0.3, -0.25) is 0 Å². The molecule has 0 atom stereocenters. The summed E-state index contributed by atoms with van der Waals surface area (Å²) in [6.45, 7) is 0. The van der Waals surface area contributed by atoms with E-state index in [2.05, 4.69) is 79.9 Å². The van der Waals surface area contributed by atoms with Crippen LogP contribution in [-0.4, -0.2) is 43.7 Å². The van der Waals surface area contributed by atoms with Gasteiger partial charge in [-0.2, -0.15) is 0 Å². The Balaban J connectivity index is 1.25. The smallest absolute Gasteiger partial charge is 0.117 e. The maximum Gasteiger partial charge on any atom is 0.189 e. The van der Waals surface area contributed by atoms with Crippen LogP contribution >= 0.6 is 0 Å². The molecular weight excluding hydrogens is 257 g/mol. The van der Waals surface area contributed by atoms with Gasteiger partial charge in [0.2, 0.25) is 0 Å². The Morgan fingerprint density at radius 2 is 1.00 bits per heavy atom. The third kappa shape index (κ3) is 1.41. The van der Waals surface area contributed by atoms with E-state index < -0.39 is 0 Å². The second kappa shape index (κ2) is 3.98. The molecule has 0 aliphatic carbocycles. The van der Waals surface area contributed by atoms with Gasteiger partial charge in [-0.05, 0) is 0 Å².